The molecule has 0 spiro atoms. The molecule has 80 valence electrons. The van der Waals surface area contributed by atoms with Crippen molar-refractivity contribution in [3.63, 3.8) is 0 Å². The lowest BCUT2D eigenvalue weighted by Gasteiger charge is -1.98. The van der Waals surface area contributed by atoms with E-state index in [9.17, 15) is 0 Å². The third-order valence-corrected chi connectivity index (χ3v) is 1.46. The third-order valence-electron chi connectivity index (χ3n) is 1.46. The Balaban J connectivity index is 0. The van der Waals surface area contributed by atoms with Crippen LogP contribution in [0.2, 0.25) is 0 Å². The summed E-state index contributed by atoms with van der Waals surface area (Å²) in [4.78, 5) is 0. The summed E-state index contributed by atoms with van der Waals surface area (Å²) in [6.45, 7) is 14.2. The van der Waals surface area contributed by atoms with Crippen LogP contribution in [0.3, 0.4) is 0 Å². The summed E-state index contributed by atoms with van der Waals surface area (Å²) in [7, 11) is 0. The maximum absolute atomic E-state index is 5.44. The molecule has 0 aliphatic heterocycles. The van der Waals surface area contributed by atoms with Gasteiger partial charge >= 0.3 is 0 Å². The van der Waals surface area contributed by atoms with Gasteiger partial charge in [0.1, 0.15) is 0 Å². The quantitative estimate of drug-likeness (QED) is 0.665. The molecule has 0 aliphatic carbocycles. The molecule has 0 aromatic rings. The van der Waals surface area contributed by atoms with Crippen LogP contribution in [-0.4, -0.2) is 6.54 Å². The van der Waals surface area contributed by atoms with Crippen molar-refractivity contribution in [3.8, 4) is 0 Å². The summed E-state index contributed by atoms with van der Waals surface area (Å²) in [6.07, 6.45) is 9.52. The van der Waals surface area contributed by atoms with Crippen LogP contribution in [0.1, 0.15) is 20.8 Å². The molecule has 1 unspecified atom stereocenters. The van der Waals surface area contributed by atoms with E-state index in [1.54, 1.807) is 6.08 Å². The summed E-state index contributed by atoms with van der Waals surface area (Å²) in [5.74, 6) is 0.416. The van der Waals surface area contributed by atoms with Crippen molar-refractivity contribution in [2.75, 3.05) is 6.54 Å². The van der Waals surface area contributed by atoms with Crippen LogP contribution in [-0.2, 0) is 0 Å². The highest BCUT2D eigenvalue weighted by atomic mass is 14.5. The van der Waals surface area contributed by atoms with Gasteiger partial charge in [-0.25, -0.2) is 0 Å². The van der Waals surface area contributed by atoms with Crippen LogP contribution in [0, 0.1) is 5.92 Å². The van der Waals surface area contributed by atoms with Crippen LogP contribution in [0.4, 0.5) is 0 Å². The normalized spacial score (nSPS) is 12.3. The number of hydrogen-bond donors (Lipinski definition) is 1. The molecule has 0 aliphatic rings. The highest BCUT2D eigenvalue weighted by Gasteiger charge is 1.89. The van der Waals surface area contributed by atoms with Crippen molar-refractivity contribution in [1.29, 1.82) is 0 Å². The molecule has 0 aromatic carbocycles. The van der Waals surface area contributed by atoms with Crippen molar-refractivity contribution in [2.45, 2.75) is 20.8 Å². The Morgan fingerprint density at radius 2 is 1.93 bits per heavy atom. The molecule has 0 aromatic heterocycles. The van der Waals surface area contributed by atoms with Gasteiger partial charge in [-0.3, -0.25) is 0 Å². The maximum Gasteiger partial charge on any atom is -0.00167 e. The average Bonchev–Trinajstić information content (AvgIpc) is 2.25. The Hall–Kier alpha value is -1.08. The van der Waals surface area contributed by atoms with Gasteiger partial charge in [0.15, 0.2) is 0 Å². The molecule has 0 saturated carbocycles. The van der Waals surface area contributed by atoms with E-state index in [0.717, 1.165) is 5.57 Å². The molecule has 0 radical (unpaired) electrons. The van der Waals surface area contributed by atoms with Crippen molar-refractivity contribution in [3.05, 3.63) is 49.1 Å². The van der Waals surface area contributed by atoms with E-state index in [2.05, 4.69) is 26.2 Å². The topological polar surface area (TPSA) is 26.0 Å². The molecule has 14 heavy (non-hydrogen) atoms. The SMILES string of the molecule is C=C/C=C\C(=C)/C=C/C(C)CN.CC. The van der Waals surface area contributed by atoms with Gasteiger partial charge in [-0.1, -0.05) is 64.3 Å². The number of hydrogen-bond acceptors (Lipinski definition) is 1. The summed E-state index contributed by atoms with van der Waals surface area (Å²) in [5.41, 5.74) is 6.41. The van der Waals surface area contributed by atoms with Gasteiger partial charge in [-0.15, -0.1) is 0 Å². The second-order valence-corrected chi connectivity index (χ2v) is 2.74. The number of allylic oxidation sites excluding steroid dienone is 5. The van der Waals surface area contributed by atoms with Crippen molar-refractivity contribution in [1.82, 2.24) is 0 Å². The standard InChI is InChI=1S/C11H17N.C2H6/c1-4-5-6-10(2)7-8-11(3)9-12;1-2/h4-8,11H,1-2,9,12H2,3H3;1-2H3/b6-5-,8-7+;. The Bertz CT molecular complexity index is 199. The van der Waals surface area contributed by atoms with Crippen molar-refractivity contribution in [2.24, 2.45) is 11.7 Å². The largest absolute Gasteiger partial charge is 0.330 e. The highest BCUT2D eigenvalue weighted by molar-refractivity contribution is 5.29. The van der Waals surface area contributed by atoms with E-state index < -0.39 is 0 Å². The minimum Gasteiger partial charge on any atom is -0.330 e. The molecular formula is C13H23N. The summed E-state index contributed by atoms with van der Waals surface area (Å²) in [5, 5.41) is 0. The van der Waals surface area contributed by atoms with Crippen molar-refractivity contribution >= 4 is 0 Å². The van der Waals surface area contributed by atoms with Crippen LogP contribution in [0.25, 0.3) is 0 Å². The summed E-state index contributed by atoms with van der Waals surface area (Å²) >= 11 is 0. The van der Waals surface area contributed by atoms with E-state index in [1.165, 1.54) is 0 Å². The second-order valence-electron chi connectivity index (χ2n) is 2.74. The maximum atomic E-state index is 5.44. The molecule has 0 fully saturated rings. The molecule has 0 heterocycles. The second kappa shape index (κ2) is 11.9. The zero-order valence-corrected chi connectivity index (χ0v) is 9.66. The first-order valence-corrected chi connectivity index (χ1v) is 5.07. The van der Waals surface area contributed by atoms with Gasteiger partial charge < -0.3 is 5.73 Å². The van der Waals surface area contributed by atoms with Crippen LogP contribution in [0.5, 0.6) is 0 Å². The average molecular weight is 193 g/mol. The lowest BCUT2D eigenvalue weighted by molar-refractivity contribution is 0.740. The lowest BCUT2D eigenvalue weighted by Crippen LogP contribution is -2.07. The molecule has 1 atom stereocenters. The zero-order valence-electron chi connectivity index (χ0n) is 9.66. The van der Waals surface area contributed by atoms with E-state index in [0.29, 0.717) is 12.5 Å². The predicted molar refractivity (Wildman–Crippen MR) is 67.2 cm³/mol. The first-order chi connectivity index (χ1) is 6.70. The zero-order chi connectivity index (χ0) is 11.4. The fraction of sp³-hybridized carbons (Fsp3) is 0.385. The van der Waals surface area contributed by atoms with Crippen LogP contribution in [0.15, 0.2) is 49.1 Å². The Morgan fingerprint density at radius 1 is 1.36 bits per heavy atom. The molecule has 1 heteroatoms. The van der Waals surface area contributed by atoms with Gasteiger partial charge in [0.05, 0.1) is 0 Å². The first kappa shape index (κ1) is 15.4. The molecular weight excluding hydrogens is 170 g/mol. The van der Waals surface area contributed by atoms with Crippen molar-refractivity contribution < 1.29 is 0 Å². The number of rotatable bonds is 5. The minimum absolute atomic E-state index is 0.416. The Kier molecular flexibility index (Phi) is 13.1. The summed E-state index contributed by atoms with van der Waals surface area (Å²) in [6, 6.07) is 0. The van der Waals surface area contributed by atoms with Gasteiger partial charge in [-0.2, -0.15) is 0 Å². The van der Waals surface area contributed by atoms with E-state index in [1.807, 2.05) is 32.1 Å². The number of nitrogens with two attached hydrogens (primary N) is 1. The lowest BCUT2D eigenvalue weighted by atomic mass is 10.1. The third kappa shape index (κ3) is 10.9. The van der Waals surface area contributed by atoms with E-state index in [-0.39, 0.29) is 0 Å². The van der Waals surface area contributed by atoms with Crippen LogP contribution >= 0.6 is 0 Å². The Labute approximate surface area is 88.7 Å². The molecule has 1 nitrogen and oxygen atoms in total. The van der Waals surface area contributed by atoms with Gasteiger partial charge in [0.2, 0.25) is 0 Å². The van der Waals surface area contributed by atoms with E-state index >= 15 is 0 Å². The smallest absolute Gasteiger partial charge is 0.00167 e. The molecule has 0 saturated heterocycles. The van der Waals surface area contributed by atoms with Gasteiger partial charge in [0, 0.05) is 0 Å². The molecule has 0 rings (SSSR count). The van der Waals surface area contributed by atoms with E-state index in [4.69, 9.17) is 5.73 Å². The molecule has 0 amide bonds. The van der Waals surface area contributed by atoms with Gasteiger partial charge in [0.25, 0.3) is 0 Å². The molecule has 0 bridgehead atoms. The predicted octanol–water partition coefficient (Wildman–Crippen LogP) is 3.46. The Morgan fingerprint density at radius 3 is 2.36 bits per heavy atom. The summed E-state index contributed by atoms with van der Waals surface area (Å²) < 4.78 is 0. The highest BCUT2D eigenvalue weighted by Crippen LogP contribution is 2.00. The fourth-order valence-electron chi connectivity index (χ4n) is 0.614. The fourth-order valence-corrected chi connectivity index (χ4v) is 0.614. The van der Waals surface area contributed by atoms with Gasteiger partial charge in [-0.05, 0) is 18.0 Å². The van der Waals surface area contributed by atoms with Crippen LogP contribution < -0.4 is 5.73 Å². The monoisotopic (exact) mass is 193 g/mol. The first-order valence-electron chi connectivity index (χ1n) is 5.07. The molecule has 2 N–H and O–H groups in total. The minimum atomic E-state index is 0.416.